The van der Waals surface area contributed by atoms with Crippen LogP contribution in [0.25, 0.3) is 0 Å². The Hall–Kier alpha value is -2.96. The molecule has 0 radical (unpaired) electrons. The fourth-order valence-electron chi connectivity index (χ4n) is 3.37. The minimum atomic E-state index is -0.932. The molecule has 3 rings (SSSR count). The fourth-order valence-corrected chi connectivity index (χ4v) is 3.37. The van der Waals surface area contributed by atoms with E-state index in [9.17, 15) is 14.0 Å². The predicted molar refractivity (Wildman–Crippen MR) is 106 cm³/mol. The quantitative estimate of drug-likeness (QED) is 0.779. The molecule has 0 atom stereocenters. The lowest BCUT2D eigenvalue weighted by atomic mass is 9.84. The average Bonchev–Trinajstić information content (AvgIpc) is 2.88. The molecule has 2 aliphatic heterocycles. The van der Waals surface area contributed by atoms with Crippen molar-refractivity contribution in [2.45, 2.75) is 32.1 Å². The SMILES string of the molecule is CC(C)(CNC1=CCC2=C(C=N1)CN(C(=O)C(N)=O)CC2)c1ccc(F)cc1. The van der Waals surface area contributed by atoms with E-state index >= 15 is 0 Å². The minimum absolute atomic E-state index is 0.200. The van der Waals surface area contributed by atoms with Crippen LogP contribution in [-0.2, 0) is 15.0 Å². The Balaban J connectivity index is 1.63. The molecule has 0 spiro atoms. The molecular formula is C21H25FN4O2. The number of nitrogens with one attached hydrogen (secondary N) is 1. The molecule has 0 unspecified atom stereocenters. The van der Waals surface area contributed by atoms with Gasteiger partial charge in [0.15, 0.2) is 0 Å². The standard InChI is InChI=1S/C21H25FN4O2/c1-21(2,16-4-6-17(22)7-5-16)13-25-18-8-3-14-9-10-26(20(28)19(23)27)12-15(14)11-24-18/h4-8,11,25H,3,9-10,12-13H2,1-2H3,(H2,23,27). The molecule has 6 nitrogen and oxygen atoms in total. The Morgan fingerprint density at radius 1 is 1.29 bits per heavy atom. The van der Waals surface area contributed by atoms with Gasteiger partial charge in [-0.25, -0.2) is 9.38 Å². The number of hydrogen-bond acceptors (Lipinski definition) is 4. The van der Waals surface area contributed by atoms with Gasteiger partial charge in [0.1, 0.15) is 11.6 Å². The summed E-state index contributed by atoms with van der Waals surface area (Å²) in [6, 6.07) is 6.53. The van der Waals surface area contributed by atoms with Crippen molar-refractivity contribution in [2.24, 2.45) is 10.7 Å². The first kappa shape index (κ1) is 19.8. The third kappa shape index (κ3) is 4.47. The third-order valence-electron chi connectivity index (χ3n) is 5.24. The maximum atomic E-state index is 13.2. The van der Waals surface area contributed by atoms with Crippen molar-refractivity contribution in [3.63, 3.8) is 0 Å². The summed E-state index contributed by atoms with van der Waals surface area (Å²) in [6.07, 6.45) is 5.23. The summed E-state index contributed by atoms with van der Waals surface area (Å²) in [4.78, 5) is 28.9. The van der Waals surface area contributed by atoms with Crippen LogP contribution in [0.5, 0.6) is 0 Å². The number of halogens is 1. The topological polar surface area (TPSA) is 87.8 Å². The van der Waals surface area contributed by atoms with Crippen LogP contribution in [-0.4, -0.2) is 42.6 Å². The van der Waals surface area contributed by atoms with Gasteiger partial charge < -0.3 is 16.0 Å². The van der Waals surface area contributed by atoms with E-state index in [-0.39, 0.29) is 11.2 Å². The fraction of sp³-hybridized carbons (Fsp3) is 0.381. The second-order valence-corrected chi connectivity index (χ2v) is 7.77. The normalized spacial score (nSPS) is 17.0. The van der Waals surface area contributed by atoms with Gasteiger partial charge in [0, 0.05) is 31.3 Å². The van der Waals surface area contributed by atoms with Crippen molar-refractivity contribution >= 4 is 18.0 Å². The average molecular weight is 384 g/mol. The van der Waals surface area contributed by atoms with Crippen LogP contribution in [0.15, 0.2) is 52.3 Å². The second-order valence-electron chi connectivity index (χ2n) is 7.77. The summed E-state index contributed by atoms with van der Waals surface area (Å²) in [5.74, 6) is -1.07. The summed E-state index contributed by atoms with van der Waals surface area (Å²) < 4.78 is 13.2. The Morgan fingerprint density at radius 2 is 2.00 bits per heavy atom. The molecule has 3 N–H and O–H groups in total. The molecule has 2 heterocycles. The zero-order valence-electron chi connectivity index (χ0n) is 16.2. The summed E-state index contributed by atoms with van der Waals surface area (Å²) in [7, 11) is 0. The summed E-state index contributed by atoms with van der Waals surface area (Å²) in [6.45, 7) is 5.65. The van der Waals surface area contributed by atoms with E-state index < -0.39 is 11.8 Å². The van der Waals surface area contributed by atoms with Gasteiger partial charge in [-0.05, 0) is 42.2 Å². The van der Waals surface area contributed by atoms with Gasteiger partial charge in [-0.3, -0.25) is 9.59 Å². The Bertz CT molecular complexity index is 869. The van der Waals surface area contributed by atoms with Crippen molar-refractivity contribution in [1.29, 1.82) is 0 Å². The zero-order chi connectivity index (χ0) is 20.3. The second kappa shape index (κ2) is 7.96. The first-order valence-corrected chi connectivity index (χ1v) is 9.30. The van der Waals surface area contributed by atoms with Gasteiger partial charge in [0.25, 0.3) is 0 Å². The van der Waals surface area contributed by atoms with E-state index in [1.54, 1.807) is 18.3 Å². The summed E-state index contributed by atoms with van der Waals surface area (Å²) in [5, 5.41) is 3.36. The number of aliphatic imine (C=N–C) groups is 1. The monoisotopic (exact) mass is 384 g/mol. The third-order valence-corrected chi connectivity index (χ3v) is 5.24. The number of nitrogens with zero attached hydrogens (tertiary/aromatic N) is 2. The number of nitrogens with two attached hydrogens (primary N) is 1. The van der Waals surface area contributed by atoms with Crippen molar-refractivity contribution < 1.29 is 14.0 Å². The minimum Gasteiger partial charge on any atom is -0.369 e. The van der Waals surface area contributed by atoms with Crippen molar-refractivity contribution in [3.8, 4) is 0 Å². The van der Waals surface area contributed by atoms with E-state index in [0.29, 0.717) is 26.1 Å². The molecule has 148 valence electrons. The van der Waals surface area contributed by atoms with E-state index in [1.807, 2.05) is 6.08 Å². The highest BCUT2D eigenvalue weighted by molar-refractivity contribution is 6.34. The van der Waals surface area contributed by atoms with Gasteiger partial charge >= 0.3 is 11.8 Å². The molecule has 0 aliphatic carbocycles. The maximum Gasteiger partial charge on any atom is 0.311 e. The molecule has 0 fully saturated rings. The summed E-state index contributed by atoms with van der Waals surface area (Å²) in [5.41, 5.74) is 8.11. The maximum absolute atomic E-state index is 13.2. The molecule has 7 heteroatoms. The number of carbonyl (C=O) groups is 2. The van der Waals surface area contributed by atoms with Crippen LogP contribution in [0, 0.1) is 5.82 Å². The van der Waals surface area contributed by atoms with Crippen LogP contribution < -0.4 is 11.1 Å². The van der Waals surface area contributed by atoms with Crippen molar-refractivity contribution in [2.75, 3.05) is 19.6 Å². The molecule has 1 aromatic rings. The number of carbonyl (C=O) groups excluding carboxylic acids is 2. The molecule has 0 aromatic heterocycles. The molecular weight excluding hydrogens is 359 g/mol. The number of rotatable bonds is 4. The molecule has 1 aromatic carbocycles. The van der Waals surface area contributed by atoms with Gasteiger partial charge in [0.05, 0.1) is 0 Å². The Morgan fingerprint density at radius 3 is 2.68 bits per heavy atom. The Kier molecular flexibility index (Phi) is 5.63. The summed E-state index contributed by atoms with van der Waals surface area (Å²) >= 11 is 0. The lowest BCUT2D eigenvalue weighted by Crippen LogP contribution is -2.44. The first-order valence-electron chi connectivity index (χ1n) is 9.30. The van der Waals surface area contributed by atoms with Crippen LogP contribution in [0.4, 0.5) is 4.39 Å². The Labute approximate surface area is 164 Å². The van der Waals surface area contributed by atoms with E-state index in [4.69, 9.17) is 5.73 Å². The van der Waals surface area contributed by atoms with Gasteiger partial charge in [0.2, 0.25) is 0 Å². The molecule has 2 aliphatic rings. The zero-order valence-corrected chi connectivity index (χ0v) is 16.2. The van der Waals surface area contributed by atoms with Crippen LogP contribution >= 0.6 is 0 Å². The first-order chi connectivity index (χ1) is 13.3. The van der Waals surface area contributed by atoms with E-state index in [0.717, 1.165) is 23.4 Å². The largest absolute Gasteiger partial charge is 0.369 e. The number of primary amides is 1. The van der Waals surface area contributed by atoms with Crippen molar-refractivity contribution in [3.05, 3.63) is 58.7 Å². The number of allylic oxidation sites excluding steroid dienone is 1. The smallest absolute Gasteiger partial charge is 0.311 e. The molecule has 0 bridgehead atoms. The van der Waals surface area contributed by atoms with Crippen molar-refractivity contribution in [1.82, 2.24) is 10.2 Å². The highest BCUT2D eigenvalue weighted by Gasteiger charge is 2.26. The van der Waals surface area contributed by atoms with E-state index in [1.165, 1.54) is 22.6 Å². The van der Waals surface area contributed by atoms with Gasteiger partial charge in [-0.15, -0.1) is 0 Å². The van der Waals surface area contributed by atoms with Gasteiger partial charge in [-0.2, -0.15) is 0 Å². The lowest BCUT2D eigenvalue weighted by Gasteiger charge is -2.28. The van der Waals surface area contributed by atoms with Crippen LogP contribution in [0.2, 0.25) is 0 Å². The molecule has 0 saturated carbocycles. The number of benzene rings is 1. The number of amides is 2. The van der Waals surface area contributed by atoms with Crippen LogP contribution in [0.3, 0.4) is 0 Å². The molecule has 0 saturated heterocycles. The molecule has 28 heavy (non-hydrogen) atoms. The number of hydrogen-bond donors (Lipinski definition) is 2. The highest BCUT2D eigenvalue weighted by atomic mass is 19.1. The van der Waals surface area contributed by atoms with Gasteiger partial charge in [-0.1, -0.05) is 31.6 Å². The van der Waals surface area contributed by atoms with Crippen LogP contribution in [0.1, 0.15) is 32.3 Å². The predicted octanol–water partition coefficient (Wildman–Crippen LogP) is 2.02. The van der Waals surface area contributed by atoms with E-state index in [2.05, 4.69) is 24.2 Å². The molecule has 2 amide bonds. The highest BCUT2D eigenvalue weighted by Crippen LogP contribution is 2.25. The lowest BCUT2D eigenvalue weighted by molar-refractivity contribution is -0.144.